The Kier molecular flexibility index (Phi) is 3.38. The van der Waals surface area contributed by atoms with E-state index in [2.05, 4.69) is 15.1 Å². The second-order valence-corrected chi connectivity index (χ2v) is 4.25. The van der Waals surface area contributed by atoms with Crippen LogP contribution < -0.4 is 0 Å². The van der Waals surface area contributed by atoms with Gasteiger partial charge in [0, 0.05) is 18.0 Å². The maximum absolute atomic E-state index is 10.7. The van der Waals surface area contributed by atoms with Gasteiger partial charge in [0.25, 0.3) is 0 Å². The van der Waals surface area contributed by atoms with Gasteiger partial charge in [0.05, 0.1) is 5.75 Å². The van der Waals surface area contributed by atoms with E-state index in [1.165, 1.54) is 24.0 Å². The molecule has 0 unspecified atom stereocenters. The van der Waals surface area contributed by atoms with Crippen LogP contribution in [-0.2, 0) is 5.75 Å². The predicted octanol–water partition coefficient (Wildman–Crippen LogP) is 1.76. The number of aromatic carboxylic acids is 1. The van der Waals surface area contributed by atoms with Crippen molar-refractivity contribution in [2.45, 2.75) is 17.6 Å². The van der Waals surface area contributed by atoms with Gasteiger partial charge in [-0.2, -0.15) is 4.98 Å². The number of rotatable bonds is 4. The van der Waals surface area contributed by atoms with E-state index in [1.54, 1.807) is 13.0 Å². The molecular weight excluding hydrogens is 242 g/mol. The van der Waals surface area contributed by atoms with Crippen LogP contribution in [0.15, 0.2) is 27.7 Å². The van der Waals surface area contributed by atoms with Gasteiger partial charge < -0.3 is 9.63 Å². The summed E-state index contributed by atoms with van der Waals surface area (Å²) in [5, 5.41) is 12.5. The number of hydrogen-bond donors (Lipinski definition) is 1. The fourth-order valence-electron chi connectivity index (χ4n) is 1.17. The zero-order valence-corrected chi connectivity index (χ0v) is 9.77. The minimum absolute atomic E-state index is 0.0271. The number of nitrogens with zero attached hydrogens (tertiary/aromatic N) is 3. The lowest BCUT2D eigenvalue weighted by atomic mass is 10.3. The average Bonchev–Trinajstić information content (AvgIpc) is 2.73. The molecule has 0 amide bonds. The number of carboxylic acids is 1. The van der Waals surface area contributed by atoms with Gasteiger partial charge in [-0.15, -0.1) is 11.8 Å². The van der Waals surface area contributed by atoms with E-state index in [0.29, 0.717) is 17.5 Å². The first-order valence-corrected chi connectivity index (χ1v) is 5.75. The highest BCUT2D eigenvalue weighted by Crippen LogP contribution is 2.21. The Morgan fingerprint density at radius 1 is 1.59 bits per heavy atom. The third kappa shape index (κ3) is 3.04. The van der Waals surface area contributed by atoms with Gasteiger partial charge >= 0.3 is 5.97 Å². The Bertz CT molecular complexity index is 541. The average molecular weight is 251 g/mol. The fourth-order valence-corrected chi connectivity index (χ4v) is 1.93. The van der Waals surface area contributed by atoms with Crippen LogP contribution in [0.3, 0.4) is 0 Å². The van der Waals surface area contributed by atoms with Crippen molar-refractivity contribution in [2.24, 2.45) is 0 Å². The minimum Gasteiger partial charge on any atom is -0.477 e. The summed E-state index contributed by atoms with van der Waals surface area (Å²) >= 11 is 1.43. The predicted molar refractivity (Wildman–Crippen MR) is 59.8 cm³/mol. The molecule has 0 atom stereocenters. The minimum atomic E-state index is -1.04. The Labute approximate surface area is 101 Å². The number of carboxylic acid groups (broad SMARTS) is 1. The Hall–Kier alpha value is -1.89. The first kappa shape index (κ1) is 11.6. The third-order valence-corrected chi connectivity index (χ3v) is 2.88. The molecule has 17 heavy (non-hydrogen) atoms. The molecule has 88 valence electrons. The van der Waals surface area contributed by atoms with E-state index in [-0.39, 0.29) is 5.69 Å². The maximum atomic E-state index is 10.7. The smallest absolute Gasteiger partial charge is 0.354 e. The zero-order valence-electron chi connectivity index (χ0n) is 8.95. The van der Waals surface area contributed by atoms with Crippen molar-refractivity contribution < 1.29 is 14.4 Å². The summed E-state index contributed by atoms with van der Waals surface area (Å²) in [6, 6.07) is 3.25. The van der Waals surface area contributed by atoms with Gasteiger partial charge in [0.2, 0.25) is 5.89 Å². The van der Waals surface area contributed by atoms with Gasteiger partial charge in [-0.3, -0.25) is 0 Å². The molecule has 6 nitrogen and oxygen atoms in total. The van der Waals surface area contributed by atoms with Crippen molar-refractivity contribution in [2.75, 3.05) is 0 Å². The first-order chi connectivity index (χ1) is 8.15. The molecule has 7 heteroatoms. The summed E-state index contributed by atoms with van der Waals surface area (Å²) in [6.45, 7) is 1.72. The number of pyridine rings is 1. The number of hydrogen-bond acceptors (Lipinski definition) is 6. The Balaban J connectivity index is 2.04. The van der Waals surface area contributed by atoms with Crippen LogP contribution in [0, 0.1) is 6.92 Å². The van der Waals surface area contributed by atoms with Crippen LogP contribution in [0.1, 0.15) is 22.2 Å². The quantitative estimate of drug-likeness (QED) is 0.828. The van der Waals surface area contributed by atoms with E-state index in [0.717, 1.165) is 4.90 Å². The van der Waals surface area contributed by atoms with Crippen molar-refractivity contribution >= 4 is 17.7 Å². The second-order valence-electron chi connectivity index (χ2n) is 3.20. The largest absolute Gasteiger partial charge is 0.477 e. The van der Waals surface area contributed by atoms with Gasteiger partial charge in [-0.05, 0) is 12.1 Å². The molecule has 0 radical (unpaired) electrons. The highest BCUT2D eigenvalue weighted by atomic mass is 32.2. The van der Waals surface area contributed by atoms with Crippen molar-refractivity contribution in [1.82, 2.24) is 15.1 Å². The third-order valence-electron chi connectivity index (χ3n) is 1.89. The van der Waals surface area contributed by atoms with Crippen LogP contribution in [0.2, 0.25) is 0 Å². The van der Waals surface area contributed by atoms with Crippen molar-refractivity contribution in [1.29, 1.82) is 0 Å². The molecule has 0 saturated heterocycles. The highest BCUT2D eigenvalue weighted by Gasteiger charge is 2.07. The van der Waals surface area contributed by atoms with E-state index in [9.17, 15) is 4.79 Å². The van der Waals surface area contributed by atoms with Gasteiger partial charge in [0.1, 0.15) is 5.69 Å². The summed E-state index contributed by atoms with van der Waals surface area (Å²) in [7, 11) is 0. The number of carbonyl (C=O) groups is 1. The number of aryl methyl sites for hydroxylation is 1. The molecule has 0 aromatic carbocycles. The number of aromatic nitrogens is 3. The summed E-state index contributed by atoms with van der Waals surface area (Å²) in [5.41, 5.74) is 0.0271. The van der Waals surface area contributed by atoms with Crippen LogP contribution >= 0.6 is 11.8 Å². The maximum Gasteiger partial charge on any atom is 0.354 e. The topological polar surface area (TPSA) is 89.1 Å². The molecule has 0 aliphatic rings. The monoisotopic (exact) mass is 251 g/mol. The molecule has 0 fully saturated rings. The van der Waals surface area contributed by atoms with Crippen LogP contribution in [-0.4, -0.2) is 26.2 Å². The Morgan fingerprint density at radius 3 is 3.06 bits per heavy atom. The summed E-state index contributed by atoms with van der Waals surface area (Å²) < 4.78 is 4.83. The first-order valence-electron chi connectivity index (χ1n) is 4.76. The van der Waals surface area contributed by atoms with Gasteiger partial charge in [-0.25, -0.2) is 9.78 Å². The molecule has 0 aliphatic heterocycles. The van der Waals surface area contributed by atoms with Crippen LogP contribution in [0.5, 0.6) is 0 Å². The van der Waals surface area contributed by atoms with Gasteiger partial charge in [-0.1, -0.05) is 5.16 Å². The zero-order chi connectivity index (χ0) is 12.3. The molecule has 0 spiro atoms. The Morgan fingerprint density at radius 2 is 2.41 bits per heavy atom. The van der Waals surface area contributed by atoms with E-state index < -0.39 is 5.97 Å². The van der Waals surface area contributed by atoms with Crippen LogP contribution in [0.4, 0.5) is 0 Å². The van der Waals surface area contributed by atoms with E-state index in [4.69, 9.17) is 9.63 Å². The van der Waals surface area contributed by atoms with Crippen molar-refractivity contribution in [3.05, 3.63) is 35.7 Å². The standard InChI is InChI=1S/C10H9N3O3S/c1-6-12-9(13-16-6)5-17-7-2-3-11-8(4-7)10(14)15/h2-4H,5H2,1H3,(H,14,15). The van der Waals surface area contributed by atoms with Crippen molar-refractivity contribution in [3.63, 3.8) is 0 Å². The highest BCUT2D eigenvalue weighted by molar-refractivity contribution is 7.98. The summed E-state index contributed by atoms with van der Waals surface area (Å²) in [4.78, 5) is 19.3. The van der Waals surface area contributed by atoms with Gasteiger partial charge in [0.15, 0.2) is 5.82 Å². The lowest BCUT2D eigenvalue weighted by Gasteiger charge is -1.99. The lowest BCUT2D eigenvalue weighted by molar-refractivity contribution is 0.0690. The lowest BCUT2D eigenvalue weighted by Crippen LogP contribution is -1.99. The molecule has 0 bridgehead atoms. The molecule has 2 rings (SSSR count). The second kappa shape index (κ2) is 4.96. The summed E-state index contributed by atoms with van der Waals surface area (Å²) in [5.74, 6) is 0.589. The molecule has 0 aliphatic carbocycles. The molecule has 1 N–H and O–H groups in total. The molecule has 2 aromatic heterocycles. The SMILES string of the molecule is Cc1nc(CSc2ccnc(C(=O)O)c2)no1. The molecule has 2 aromatic rings. The summed E-state index contributed by atoms with van der Waals surface area (Å²) in [6.07, 6.45) is 1.47. The van der Waals surface area contributed by atoms with Crippen LogP contribution in [0.25, 0.3) is 0 Å². The molecular formula is C10H9N3O3S. The normalized spacial score (nSPS) is 10.4. The van der Waals surface area contributed by atoms with E-state index in [1.807, 2.05) is 0 Å². The number of thioether (sulfide) groups is 1. The van der Waals surface area contributed by atoms with E-state index >= 15 is 0 Å². The fraction of sp³-hybridized carbons (Fsp3) is 0.200. The van der Waals surface area contributed by atoms with Crippen molar-refractivity contribution in [3.8, 4) is 0 Å². The molecule has 2 heterocycles. The molecule has 0 saturated carbocycles.